The second kappa shape index (κ2) is 10.5. The number of nitrogens with one attached hydrogen (secondary N) is 1. The fraction of sp³-hybridized carbons (Fsp3) is 0.500. The third kappa shape index (κ3) is 5.73. The summed E-state index contributed by atoms with van der Waals surface area (Å²) in [4.78, 5) is 15.8. The summed E-state index contributed by atoms with van der Waals surface area (Å²) in [5.74, 6) is 0.867. The molecule has 1 N–H and O–H groups in total. The van der Waals surface area contributed by atoms with Crippen molar-refractivity contribution in [1.29, 1.82) is 0 Å². The van der Waals surface area contributed by atoms with Crippen LogP contribution < -0.4 is 14.8 Å². The van der Waals surface area contributed by atoms with Gasteiger partial charge in [-0.1, -0.05) is 18.2 Å². The Kier molecular flexibility index (Phi) is 7.56. The van der Waals surface area contributed by atoms with Crippen LogP contribution in [-0.2, 0) is 15.7 Å². The molecule has 35 heavy (non-hydrogen) atoms. The van der Waals surface area contributed by atoms with Crippen LogP contribution in [0.2, 0.25) is 0 Å². The molecule has 0 aliphatic carbocycles. The summed E-state index contributed by atoms with van der Waals surface area (Å²) in [5, 5.41) is 3.17. The van der Waals surface area contributed by atoms with Gasteiger partial charge in [0, 0.05) is 26.3 Å². The smallest absolute Gasteiger partial charge is 0.416 e. The number of methoxy groups -OCH3 is 1. The van der Waals surface area contributed by atoms with Crippen LogP contribution in [-0.4, -0.2) is 55.9 Å². The van der Waals surface area contributed by atoms with Crippen molar-refractivity contribution in [3.63, 3.8) is 0 Å². The largest absolute Gasteiger partial charge is 0.497 e. The summed E-state index contributed by atoms with van der Waals surface area (Å²) in [6.07, 6.45) is -3.01. The third-order valence-electron chi connectivity index (χ3n) is 6.92. The van der Waals surface area contributed by atoms with E-state index in [-0.39, 0.29) is 23.8 Å². The molecule has 4 rings (SSSR count). The fourth-order valence-electron chi connectivity index (χ4n) is 4.85. The number of carbonyl (C=O) groups excluding carboxylic acids is 1. The van der Waals surface area contributed by atoms with Crippen molar-refractivity contribution in [3.8, 4) is 11.5 Å². The normalized spacial score (nSPS) is 21.3. The van der Waals surface area contributed by atoms with Gasteiger partial charge < -0.3 is 19.5 Å². The standard InChI is InChI=1S/C26H31F3N2O4/c1-18(19-6-8-21(33-2)9-7-19)30-24(32)25(11-14-34-15-12-25)31-13-10-23(17-31)35-22-5-3-4-20(16-22)26(27,28)29/h3-9,16,18,23H,10-15,17H2,1-2H3,(H,30,32)/t18-,23?/m0/s1. The van der Waals surface area contributed by atoms with Crippen LogP contribution in [0.1, 0.15) is 43.4 Å². The van der Waals surface area contributed by atoms with Crippen molar-refractivity contribution < 1.29 is 32.2 Å². The van der Waals surface area contributed by atoms with Gasteiger partial charge in [-0.3, -0.25) is 9.69 Å². The molecule has 0 spiro atoms. The molecular weight excluding hydrogens is 461 g/mol. The lowest BCUT2D eigenvalue weighted by Crippen LogP contribution is -2.61. The van der Waals surface area contributed by atoms with Crippen LogP contribution >= 0.6 is 0 Å². The molecular formula is C26H31F3N2O4. The number of carbonyl (C=O) groups is 1. The lowest BCUT2D eigenvalue weighted by molar-refractivity contribution is -0.141. The number of alkyl halides is 3. The number of halogens is 3. The summed E-state index contributed by atoms with van der Waals surface area (Å²) in [6, 6.07) is 12.3. The molecule has 2 aliphatic rings. The van der Waals surface area contributed by atoms with E-state index >= 15 is 0 Å². The van der Waals surface area contributed by atoms with E-state index in [1.54, 1.807) is 7.11 Å². The molecule has 2 aliphatic heterocycles. The zero-order chi connectivity index (χ0) is 25.1. The van der Waals surface area contributed by atoms with Crippen LogP contribution in [0.3, 0.4) is 0 Å². The number of ether oxygens (including phenoxy) is 3. The van der Waals surface area contributed by atoms with Crippen LogP contribution in [0.4, 0.5) is 13.2 Å². The SMILES string of the molecule is COc1ccc([C@H](C)NC(=O)C2(N3CCC(Oc4cccc(C(F)(F)F)c4)C3)CCOCC2)cc1. The van der Waals surface area contributed by atoms with Gasteiger partial charge in [0.2, 0.25) is 5.91 Å². The van der Waals surface area contributed by atoms with E-state index in [2.05, 4.69) is 10.2 Å². The average molecular weight is 493 g/mol. The first-order valence-corrected chi connectivity index (χ1v) is 11.8. The minimum Gasteiger partial charge on any atom is -0.497 e. The van der Waals surface area contributed by atoms with Gasteiger partial charge in [0.1, 0.15) is 23.1 Å². The minimum absolute atomic E-state index is 0.0659. The lowest BCUT2D eigenvalue weighted by Gasteiger charge is -2.43. The summed E-state index contributed by atoms with van der Waals surface area (Å²) in [6.45, 7) is 3.96. The molecule has 9 heteroatoms. The van der Waals surface area contributed by atoms with Crippen LogP contribution in [0, 0.1) is 0 Å². The highest BCUT2D eigenvalue weighted by Gasteiger charge is 2.48. The highest BCUT2D eigenvalue weighted by atomic mass is 19.4. The summed E-state index contributed by atoms with van der Waals surface area (Å²) in [7, 11) is 1.61. The number of benzene rings is 2. The first kappa shape index (κ1) is 25.3. The second-order valence-corrected chi connectivity index (χ2v) is 9.11. The Labute approximate surface area is 203 Å². The van der Waals surface area contributed by atoms with Crippen molar-refractivity contribution in [2.75, 3.05) is 33.4 Å². The summed E-state index contributed by atoms with van der Waals surface area (Å²) in [5.41, 5.74) is -0.517. The maximum Gasteiger partial charge on any atom is 0.416 e. The van der Waals surface area contributed by atoms with Crippen LogP contribution in [0.5, 0.6) is 11.5 Å². The number of rotatable bonds is 7. The van der Waals surface area contributed by atoms with Crippen LogP contribution in [0.15, 0.2) is 48.5 Å². The number of hydrogen-bond donors (Lipinski definition) is 1. The first-order valence-electron chi connectivity index (χ1n) is 11.8. The predicted octanol–water partition coefficient (Wildman–Crippen LogP) is 4.59. The molecule has 2 atom stereocenters. The van der Waals surface area contributed by atoms with Gasteiger partial charge >= 0.3 is 6.18 Å². The average Bonchev–Trinajstić information content (AvgIpc) is 3.33. The van der Waals surface area contributed by atoms with Gasteiger partial charge in [-0.25, -0.2) is 0 Å². The highest BCUT2D eigenvalue weighted by Crippen LogP contribution is 2.35. The Bertz CT molecular complexity index is 1010. The van der Waals surface area contributed by atoms with Crippen LogP contribution in [0.25, 0.3) is 0 Å². The highest BCUT2D eigenvalue weighted by molar-refractivity contribution is 5.87. The molecule has 1 unspecified atom stereocenters. The molecule has 6 nitrogen and oxygen atoms in total. The Morgan fingerprint density at radius 1 is 1.14 bits per heavy atom. The van der Waals surface area contributed by atoms with Crippen molar-refractivity contribution in [1.82, 2.24) is 10.2 Å². The molecule has 0 bridgehead atoms. The summed E-state index contributed by atoms with van der Waals surface area (Å²) < 4.78 is 55.9. The minimum atomic E-state index is -4.42. The molecule has 190 valence electrons. The number of nitrogens with zero attached hydrogens (tertiary/aromatic N) is 1. The van der Waals surface area contributed by atoms with E-state index in [4.69, 9.17) is 14.2 Å². The molecule has 2 heterocycles. The first-order chi connectivity index (χ1) is 16.7. The van der Waals surface area contributed by atoms with E-state index in [0.717, 1.165) is 23.4 Å². The maximum absolute atomic E-state index is 13.6. The van der Waals surface area contributed by atoms with Crippen molar-refractivity contribution in [2.24, 2.45) is 0 Å². The topological polar surface area (TPSA) is 60.0 Å². The Hall–Kier alpha value is -2.78. The second-order valence-electron chi connectivity index (χ2n) is 9.11. The third-order valence-corrected chi connectivity index (χ3v) is 6.92. The number of amides is 1. The zero-order valence-electron chi connectivity index (χ0n) is 19.9. The number of hydrogen-bond acceptors (Lipinski definition) is 5. The van der Waals surface area contributed by atoms with E-state index in [1.807, 2.05) is 31.2 Å². The monoisotopic (exact) mass is 492 g/mol. The van der Waals surface area contributed by atoms with E-state index in [1.165, 1.54) is 12.1 Å². The molecule has 2 saturated heterocycles. The van der Waals surface area contributed by atoms with Gasteiger partial charge in [-0.2, -0.15) is 13.2 Å². The van der Waals surface area contributed by atoms with Crippen molar-refractivity contribution in [3.05, 3.63) is 59.7 Å². The predicted molar refractivity (Wildman–Crippen MR) is 124 cm³/mol. The van der Waals surface area contributed by atoms with Gasteiger partial charge in [0.25, 0.3) is 0 Å². The Balaban J connectivity index is 1.45. The van der Waals surface area contributed by atoms with Crippen molar-refractivity contribution >= 4 is 5.91 Å². The molecule has 2 aromatic rings. The zero-order valence-corrected chi connectivity index (χ0v) is 19.9. The molecule has 0 radical (unpaired) electrons. The molecule has 2 aromatic carbocycles. The summed E-state index contributed by atoms with van der Waals surface area (Å²) >= 11 is 0. The van der Waals surface area contributed by atoms with E-state index in [9.17, 15) is 18.0 Å². The van der Waals surface area contributed by atoms with Gasteiger partial charge in [0.05, 0.1) is 18.7 Å². The van der Waals surface area contributed by atoms with E-state index < -0.39 is 17.3 Å². The number of likely N-dealkylation sites (tertiary alicyclic amines) is 1. The Morgan fingerprint density at radius 2 is 1.86 bits per heavy atom. The van der Waals surface area contributed by atoms with Crippen molar-refractivity contribution in [2.45, 2.75) is 50.0 Å². The quantitative estimate of drug-likeness (QED) is 0.613. The lowest BCUT2D eigenvalue weighted by atomic mass is 9.86. The fourth-order valence-corrected chi connectivity index (χ4v) is 4.85. The maximum atomic E-state index is 13.6. The molecule has 1 amide bonds. The molecule has 0 aromatic heterocycles. The van der Waals surface area contributed by atoms with Gasteiger partial charge in [0.15, 0.2) is 0 Å². The molecule has 0 saturated carbocycles. The Morgan fingerprint density at radius 3 is 2.51 bits per heavy atom. The van der Waals surface area contributed by atoms with E-state index in [0.29, 0.717) is 45.6 Å². The van der Waals surface area contributed by atoms with Gasteiger partial charge in [-0.15, -0.1) is 0 Å². The molecule has 2 fully saturated rings. The van der Waals surface area contributed by atoms with Gasteiger partial charge in [-0.05, 0) is 62.1 Å².